The molecule has 0 saturated carbocycles. The average Bonchev–Trinajstić information content (AvgIpc) is 2.93. The van der Waals surface area contributed by atoms with Gasteiger partial charge in [-0.25, -0.2) is 4.68 Å². The van der Waals surface area contributed by atoms with Crippen molar-refractivity contribution in [2.24, 2.45) is 5.84 Å². The van der Waals surface area contributed by atoms with E-state index in [2.05, 4.69) is 10.5 Å². The summed E-state index contributed by atoms with van der Waals surface area (Å²) in [7, 11) is 0. The Bertz CT molecular complexity index is 551. The first-order valence-electron chi connectivity index (χ1n) is 6.62. The van der Waals surface area contributed by atoms with Gasteiger partial charge in [-0.3, -0.25) is 11.3 Å². The zero-order valence-corrected chi connectivity index (χ0v) is 11.3. The quantitative estimate of drug-likeness (QED) is 0.636. The zero-order chi connectivity index (χ0) is 15.3. The number of alkyl halides is 3. The van der Waals surface area contributed by atoms with E-state index >= 15 is 0 Å². The van der Waals surface area contributed by atoms with Crippen LogP contribution in [0.2, 0.25) is 0 Å². The van der Waals surface area contributed by atoms with Gasteiger partial charge in [-0.2, -0.15) is 18.3 Å². The van der Waals surface area contributed by atoms with Crippen molar-refractivity contribution in [2.45, 2.75) is 31.5 Å². The highest BCUT2D eigenvalue weighted by Gasteiger charge is 2.27. The van der Waals surface area contributed by atoms with Crippen LogP contribution in [-0.2, 0) is 0 Å². The fourth-order valence-corrected chi connectivity index (χ4v) is 2.09. The molecule has 7 heteroatoms. The van der Waals surface area contributed by atoms with Crippen LogP contribution in [0.4, 0.5) is 13.2 Å². The van der Waals surface area contributed by atoms with Gasteiger partial charge in [-0.1, -0.05) is 18.2 Å². The highest BCUT2D eigenvalue weighted by Crippen LogP contribution is 2.26. The van der Waals surface area contributed by atoms with E-state index in [4.69, 9.17) is 5.84 Å². The monoisotopic (exact) mass is 298 g/mol. The lowest BCUT2D eigenvalue weighted by Gasteiger charge is -2.14. The van der Waals surface area contributed by atoms with E-state index < -0.39 is 12.6 Å². The van der Waals surface area contributed by atoms with Crippen molar-refractivity contribution in [3.63, 3.8) is 0 Å². The molecular formula is C14H17F3N4. The molecule has 1 heterocycles. The average molecular weight is 298 g/mol. The number of nitrogens with two attached hydrogens (primary N) is 1. The first-order chi connectivity index (χ1) is 9.99. The number of halogens is 3. The molecule has 0 amide bonds. The summed E-state index contributed by atoms with van der Waals surface area (Å²) < 4.78 is 38.2. The number of para-hydroxylation sites is 1. The summed E-state index contributed by atoms with van der Waals surface area (Å²) in [5.41, 5.74) is 4.20. The Morgan fingerprint density at radius 1 is 1.24 bits per heavy atom. The van der Waals surface area contributed by atoms with Crippen LogP contribution in [0, 0.1) is 0 Å². The minimum Gasteiger partial charge on any atom is -0.271 e. The normalized spacial score (nSPS) is 13.3. The lowest BCUT2D eigenvalue weighted by Crippen LogP contribution is -2.28. The number of hydrogen-bond acceptors (Lipinski definition) is 3. The molecule has 2 rings (SSSR count). The van der Waals surface area contributed by atoms with E-state index in [1.807, 2.05) is 30.3 Å². The van der Waals surface area contributed by atoms with E-state index in [1.165, 1.54) is 0 Å². The Morgan fingerprint density at radius 3 is 2.57 bits per heavy atom. The molecule has 3 N–H and O–H groups in total. The molecule has 114 valence electrons. The highest BCUT2D eigenvalue weighted by atomic mass is 19.4. The van der Waals surface area contributed by atoms with Gasteiger partial charge in [-0.05, 0) is 25.0 Å². The predicted molar refractivity (Wildman–Crippen MR) is 73.5 cm³/mol. The lowest BCUT2D eigenvalue weighted by atomic mass is 10.0. The third-order valence-electron chi connectivity index (χ3n) is 3.18. The molecule has 0 radical (unpaired) electrons. The molecule has 0 spiro atoms. The lowest BCUT2D eigenvalue weighted by molar-refractivity contribution is -0.135. The summed E-state index contributed by atoms with van der Waals surface area (Å²) in [5.74, 6) is 5.43. The molecule has 1 aromatic carbocycles. The molecule has 0 bridgehead atoms. The molecule has 1 unspecified atom stereocenters. The van der Waals surface area contributed by atoms with Gasteiger partial charge in [-0.15, -0.1) is 0 Å². The second-order valence-electron chi connectivity index (χ2n) is 4.78. The van der Waals surface area contributed by atoms with Crippen molar-refractivity contribution < 1.29 is 13.2 Å². The largest absolute Gasteiger partial charge is 0.389 e. The van der Waals surface area contributed by atoms with Crippen molar-refractivity contribution in [2.75, 3.05) is 0 Å². The molecular weight excluding hydrogens is 281 g/mol. The summed E-state index contributed by atoms with van der Waals surface area (Å²) in [6.07, 6.45) is -1.23. The van der Waals surface area contributed by atoms with Crippen molar-refractivity contribution >= 4 is 0 Å². The van der Waals surface area contributed by atoms with Crippen LogP contribution in [0.1, 0.15) is 30.9 Å². The van der Waals surface area contributed by atoms with E-state index in [-0.39, 0.29) is 12.5 Å². The number of rotatable bonds is 6. The third-order valence-corrected chi connectivity index (χ3v) is 3.18. The maximum Gasteiger partial charge on any atom is 0.389 e. The van der Waals surface area contributed by atoms with Crippen LogP contribution in [0.15, 0.2) is 42.7 Å². The van der Waals surface area contributed by atoms with E-state index in [0.29, 0.717) is 6.42 Å². The minimum absolute atomic E-state index is 0.0227. The SMILES string of the molecule is NNC(CCCC(F)(F)F)c1cnn(-c2ccccc2)c1. The first-order valence-corrected chi connectivity index (χ1v) is 6.62. The van der Waals surface area contributed by atoms with E-state index in [1.54, 1.807) is 17.1 Å². The molecule has 0 saturated heterocycles. The van der Waals surface area contributed by atoms with Crippen molar-refractivity contribution in [3.05, 3.63) is 48.3 Å². The Morgan fingerprint density at radius 2 is 1.95 bits per heavy atom. The Hall–Kier alpha value is -1.86. The minimum atomic E-state index is -4.13. The maximum atomic E-state index is 12.2. The Labute approximate surface area is 120 Å². The van der Waals surface area contributed by atoms with Gasteiger partial charge in [0.05, 0.1) is 11.9 Å². The molecule has 4 nitrogen and oxygen atoms in total. The standard InChI is InChI=1S/C14H17F3N4/c15-14(16,17)8-4-7-13(20-18)11-9-19-21(10-11)12-5-2-1-3-6-12/h1-3,5-6,9-10,13,20H,4,7-8,18H2. The number of hydrogen-bond donors (Lipinski definition) is 2. The molecule has 2 aromatic rings. The topological polar surface area (TPSA) is 55.9 Å². The zero-order valence-electron chi connectivity index (χ0n) is 11.3. The molecule has 0 aliphatic carbocycles. The molecule has 0 fully saturated rings. The van der Waals surface area contributed by atoms with Gasteiger partial charge >= 0.3 is 6.18 Å². The molecule has 1 atom stereocenters. The van der Waals surface area contributed by atoms with Gasteiger partial charge in [0.25, 0.3) is 0 Å². The van der Waals surface area contributed by atoms with E-state index in [0.717, 1.165) is 11.3 Å². The van der Waals surface area contributed by atoms with Crippen molar-refractivity contribution in [3.8, 4) is 5.69 Å². The van der Waals surface area contributed by atoms with Gasteiger partial charge < -0.3 is 0 Å². The second kappa shape index (κ2) is 6.73. The summed E-state index contributed by atoms with van der Waals surface area (Å²) in [4.78, 5) is 0. The summed E-state index contributed by atoms with van der Waals surface area (Å²) in [5, 5.41) is 4.21. The molecule has 0 aliphatic heterocycles. The number of benzene rings is 1. The highest BCUT2D eigenvalue weighted by molar-refractivity contribution is 5.31. The van der Waals surface area contributed by atoms with Crippen molar-refractivity contribution in [1.29, 1.82) is 0 Å². The molecule has 0 aliphatic rings. The maximum absolute atomic E-state index is 12.2. The fourth-order valence-electron chi connectivity index (χ4n) is 2.09. The molecule has 21 heavy (non-hydrogen) atoms. The van der Waals surface area contributed by atoms with Gasteiger partial charge in [0.15, 0.2) is 0 Å². The van der Waals surface area contributed by atoms with Crippen LogP contribution >= 0.6 is 0 Å². The van der Waals surface area contributed by atoms with Gasteiger partial charge in [0, 0.05) is 24.2 Å². The van der Waals surface area contributed by atoms with Crippen LogP contribution in [-0.4, -0.2) is 16.0 Å². The van der Waals surface area contributed by atoms with Crippen molar-refractivity contribution in [1.82, 2.24) is 15.2 Å². The van der Waals surface area contributed by atoms with Crippen LogP contribution < -0.4 is 11.3 Å². The van der Waals surface area contributed by atoms with Crippen LogP contribution in [0.5, 0.6) is 0 Å². The smallest absolute Gasteiger partial charge is 0.271 e. The van der Waals surface area contributed by atoms with E-state index in [9.17, 15) is 13.2 Å². The second-order valence-corrected chi connectivity index (χ2v) is 4.78. The number of hydrazine groups is 1. The summed E-state index contributed by atoms with van der Waals surface area (Å²) in [6.45, 7) is 0. The number of nitrogens with zero attached hydrogens (tertiary/aromatic N) is 2. The Kier molecular flexibility index (Phi) is 4.98. The molecule has 1 aromatic heterocycles. The number of aromatic nitrogens is 2. The predicted octanol–water partition coefficient (Wildman–Crippen LogP) is 3.11. The van der Waals surface area contributed by atoms with Gasteiger partial charge in [0.1, 0.15) is 0 Å². The number of nitrogens with one attached hydrogen (secondary N) is 1. The summed E-state index contributed by atoms with van der Waals surface area (Å²) in [6, 6.07) is 9.12. The fraction of sp³-hybridized carbons (Fsp3) is 0.357. The van der Waals surface area contributed by atoms with Crippen LogP contribution in [0.25, 0.3) is 5.69 Å². The third kappa shape index (κ3) is 4.57. The summed E-state index contributed by atoms with van der Waals surface area (Å²) >= 11 is 0. The van der Waals surface area contributed by atoms with Gasteiger partial charge in [0.2, 0.25) is 0 Å². The first kappa shape index (κ1) is 15.5. The van der Waals surface area contributed by atoms with Crippen LogP contribution in [0.3, 0.4) is 0 Å². The Balaban J connectivity index is 2.01.